The smallest absolute Gasteiger partial charge is 0.280 e. The summed E-state index contributed by atoms with van der Waals surface area (Å²) in [4.78, 5) is 31.3. The molecule has 2 aromatic heterocycles. The number of ether oxygens (including phenoxy) is 2. The molecule has 146 valence electrons. The van der Waals surface area contributed by atoms with Gasteiger partial charge in [-0.3, -0.25) is 15.0 Å². The fourth-order valence-corrected chi connectivity index (χ4v) is 4.02. The lowest BCUT2D eigenvalue weighted by Crippen LogP contribution is -2.33. The van der Waals surface area contributed by atoms with Gasteiger partial charge in [0.25, 0.3) is 11.5 Å². The molecular weight excluding hydrogens is 378 g/mol. The lowest BCUT2D eigenvalue weighted by atomic mass is 10.2. The van der Waals surface area contributed by atoms with Crippen LogP contribution >= 0.6 is 11.3 Å². The van der Waals surface area contributed by atoms with Crippen molar-refractivity contribution in [1.82, 2.24) is 9.66 Å². The van der Waals surface area contributed by atoms with Gasteiger partial charge in [0.2, 0.25) is 0 Å². The molecule has 0 spiro atoms. The lowest BCUT2D eigenvalue weighted by molar-refractivity contribution is 0.0679. The summed E-state index contributed by atoms with van der Waals surface area (Å²) in [6.07, 6.45) is 4.32. The van der Waals surface area contributed by atoms with Crippen molar-refractivity contribution in [3.8, 4) is 5.75 Å². The molecule has 0 bridgehead atoms. The van der Waals surface area contributed by atoms with E-state index in [1.54, 1.807) is 24.3 Å². The predicted molar refractivity (Wildman–Crippen MR) is 108 cm³/mol. The summed E-state index contributed by atoms with van der Waals surface area (Å²) in [7, 11) is 0. The van der Waals surface area contributed by atoms with Crippen molar-refractivity contribution in [3.05, 3.63) is 57.5 Å². The monoisotopic (exact) mass is 399 g/mol. The summed E-state index contributed by atoms with van der Waals surface area (Å²) in [5.74, 6) is 0.186. The number of thiophene rings is 1. The number of fused-ring (bicyclic) bond motifs is 1. The molecule has 1 saturated heterocycles. The van der Waals surface area contributed by atoms with Gasteiger partial charge in [-0.25, -0.2) is 9.66 Å². The number of nitrogens with zero attached hydrogens (tertiary/aromatic N) is 2. The maximum atomic E-state index is 12.6. The molecule has 1 aliphatic rings. The highest BCUT2D eigenvalue weighted by Gasteiger charge is 2.17. The highest BCUT2D eigenvalue weighted by molar-refractivity contribution is 7.18. The largest absolute Gasteiger partial charge is 0.491 e. The molecule has 3 heterocycles. The van der Waals surface area contributed by atoms with Crippen LogP contribution in [0.3, 0.4) is 0 Å². The molecule has 0 saturated carbocycles. The molecule has 1 N–H and O–H groups in total. The van der Waals surface area contributed by atoms with Gasteiger partial charge >= 0.3 is 0 Å². The van der Waals surface area contributed by atoms with Crippen molar-refractivity contribution >= 4 is 27.5 Å². The molecule has 4 rings (SSSR count). The van der Waals surface area contributed by atoms with Crippen molar-refractivity contribution in [3.63, 3.8) is 0 Å². The molecule has 1 aliphatic heterocycles. The number of hydrogen-bond donors (Lipinski definition) is 1. The van der Waals surface area contributed by atoms with Crippen LogP contribution in [0.25, 0.3) is 10.2 Å². The number of rotatable bonds is 6. The van der Waals surface area contributed by atoms with E-state index < -0.39 is 5.91 Å². The van der Waals surface area contributed by atoms with E-state index >= 15 is 0 Å². The zero-order valence-electron chi connectivity index (χ0n) is 15.5. The van der Waals surface area contributed by atoms with Crippen LogP contribution < -0.4 is 15.7 Å². The van der Waals surface area contributed by atoms with E-state index in [-0.39, 0.29) is 11.7 Å². The third kappa shape index (κ3) is 3.93. The number of aromatic nitrogens is 2. The van der Waals surface area contributed by atoms with Gasteiger partial charge < -0.3 is 9.47 Å². The second-order valence-corrected chi connectivity index (χ2v) is 7.73. The van der Waals surface area contributed by atoms with E-state index in [0.29, 0.717) is 28.1 Å². The zero-order chi connectivity index (χ0) is 19.5. The van der Waals surface area contributed by atoms with Crippen molar-refractivity contribution in [1.29, 1.82) is 0 Å². The van der Waals surface area contributed by atoms with Crippen LogP contribution in [-0.2, 0) is 11.2 Å². The normalized spacial score (nSPS) is 16.4. The molecule has 1 aromatic carbocycles. The van der Waals surface area contributed by atoms with Crippen LogP contribution in [-0.4, -0.2) is 34.9 Å². The first-order valence-corrected chi connectivity index (χ1v) is 10.1. The Kier molecular flexibility index (Phi) is 5.40. The minimum Gasteiger partial charge on any atom is -0.491 e. The highest BCUT2D eigenvalue weighted by Crippen LogP contribution is 2.21. The molecule has 1 fully saturated rings. The maximum Gasteiger partial charge on any atom is 0.280 e. The number of benzene rings is 1. The van der Waals surface area contributed by atoms with E-state index in [9.17, 15) is 9.59 Å². The Morgan fingerprint density at radius 3 is 3.11 bits per heavy atom. The van der Waals surface area contributed by atoms with Gasteiger partial charge in [-0.1, -0.05) is 13.0 Å². The molecule has 0 aliphatic carbocycles. The predicted octanol–water partition coefficient (Wildman–Crippen LogP) is 2.96. The number of nitrogens with one attached hydrogen (secondary N) is 1. The van der Waals surface area contributed by atoms with Gasteiger partial charge in [0.05, 0.1) is 11.5 Å². The molecule has 0 radical (unpaired) electrons. The number of carbonyl (C=O) groups excluding carboxylic acids is 1. The Hall–Kier alpha value is -2.71. The third-order valence-corrected chi connectivity index (χ3v) is 5.82. The van der Waals surface area contributed by atoms with Crippen LogP contribution in [0.1, 0.15) is 35.0 Å². The minimum absolute atomic E-state index is 0.104. The zero-order valence-corrected chi connectivity index (χ0v) is 16.3. The SMILES string of the molecule is CCc1cc2c(=O)n(NC(=O)c3cccc(OC[C@@H]4CCCO4)c3)cnc2s1. The molecule has 28 heavy (non-hydrogen) atoms. The number of amides is 1. The topological polar surface area (TPSA) is 82.5 Å². The second kappa shape index (κ2) is 8.12. The van der Waals surface area contributed by atoms with E-state index in [1.165, 1.54) is 17.7 Å². The molecule has 7 nitrogen and oxygen atoms in total. The lowest BCUT2D eigenvalue weighted by Gasteiger charge is -2.12. The quantitative estimate of drug-likeness (QED) is 0.689. The van der Waals surface area contributed by atoms with Gasteiger partial charge in [-0.15, -0.1) is 11.3 Å². The van der Waals surface area contributed by atoms with Gasteiger partial charge in [0, 0.05) is 17.0 Å². The van der Waals surface area contributed by atoms with Gasteiger partial charge in [0.15, 0.2) is 0 Å². The van der Waals surface area contributed by atoms with E-state index in [2.05, 4.69) is 10.4 Å². The average Bonchev–Trinajstić information content (AvgIpc) is 3.38. The van der Waals surface area contributed by atoms with Crippen LogP contribution in [0.15, 0.2) is 41.5 Å². The average molecular weight is 399 g/mol. The van der Waals surface area contributed by atoms with Crippen molar-refractivity contribution in [2.75, 3.05) is 18.6 Å². The number of hydrogen-bond acceptors (Lipinski definition) is 6. The number of aryl methyl sites for hydroxylation is 1. The molecule has 8 heteroatoms. The summed E-state index contributed by atoms with van der Waals surface area (Å²) < 4.78 is 12.4. The molecule has 0 unspecified atom stereocenters. The van der Waals surface area contributed by atoms with Crippen LogP contribution in [0.4, 0.5) is 0 Å². The first-order valence-electron chi connectivity index (χ1n) is 9.30. The summed E-state index contributed by atoms with van der Waals surface area (Å²) in [5.41, 5.74) is 2.71. The van der Waals surface area contributed by atoms with Crippen molar-refractivity contribution in [2.24, 2.45) is 0 Å². The number of carbonyl (C=O) groups is 1. The molecule has 1 atom stereocenters. The van der Waals surface area contributed by atoms with Crippen LogP contribution in [0, 0.1) is 0 Å². The Morgan fingerprint density at radius 2 is 2.32 bits per heavy atom. The van der Waals surface area contributed by atoms with Crippen LogP contribution in [0.5, 0.6) is 5.75 Å². The van der Waals surface area contributed by atoms with E-state index in [4.69, 9.17) is 9.47 Å². The third-order valence-electron chi connectivity index (χ3n) is 4.63. The Labute approximate surface area is 165 Å². The summed E-state index contributed by atoms with van der Waals surface area (Å²) in [5, 5.41) is 0.512. The molecule has 3 aromatic rings. The van der Waals surface area contributed by atoms with Gasteiger partial charge in [0.1, 0.15) is 23.5 Å². The Balaban J connectivity index is 1.48. The van der Waals surface area contributed by atoms with Gasteiger partial charge in [-0.2, -0.15) is 0 Å². The van der Waals surface area contributed by atoms with Crippen LogP contribution in [0.2, 0.25) is 0 Å². The van der Waals surface area contributed by atoms with E-state index in [0.717, 1.165) is 35.4 Å². The first kappa shape index (κ1) is 18.6. The summed E-state index contributed by atoms with van der Waals surface area (Å²) >= 11 is 1.49. The maximum absolute atomic E-state index is 12.6. The summed E-state index contributed by atoms with van der Waals surface area (Å²) in [6.45, 7) is 3.26. The summed E-state index contributed by atoms with van der Waals surface area (Å²) in [6, 6.07) is 8.70. The minimum atomic E-state index is -0.406. The fraction of sp³-hybridized carbons (Fsp3) is 0.350. The first-order chi connectivity index (χ1) is 13.6. The van der Waals surface area contributed by atoms with Crippen molar-refractivity contribution < 1.29 is 14.3 Å². The second-order valence-electron chi connectivity index (χ2n) is 6.62. The molecule has 1 amide bonds. The van der Waals surface area contributed by atoms with E-state index in [1.807, 2.05) is 13.0 Å². The Bertz CT molecular complexity index is 1050. The highest BCUT2D eigenvalue weighted by atomic mass is 32.1. The standard InChI is InChI=1S/C20H21N3O4S/c1-2-16-10-17-19(28-16)21-12-23(20(17)25)22-18(24)13-5-3-6-14(9-13)27-11-15-7-4-8-26-15/h3,5-6,9-10,12,15H,2,4,7-8,11H2,1H3,(H,22,24)/t15-/m0/s1. The van der Waals surface area contributed by atoms with Crippen molar-refractivity contribution in [2.45, 2.75) is 32.3 Å². The Morgan fingerprint density at radius 1 is 1.43 bits per heavy atom. The molecular formula is C20H21N3O4S. The fourth-order valence-electron chi connectivity index (χ4n) is 3.09. The van der Waals surface area contributed by atoms with Gasteiger partial charge in [-0.05, 0) is 43.5 Å².